The highest BCUT2D eigenvalue weighted by molar-refractivity contribution is 5.93. The van der Waals surface area contributed by atoms with E-state index in [4.69, 9.17) is 0 Å². The van der Waals surface area contributed by atoms with Crippen molar-refractivity contribution in [2.75, 3.05) is 18.5 Å². The summed E-state index contributed by atoms with van der Waals surface area (Å²) in [4.78, 5) is 27.9. The second-order valence-electron chi connectivity index (χ2n) is 8.26. The third-order valence-electron chi connectivity index (χ3n) is 6.31. The molecule has 5 rings (SSSR count). The van der Waals surface area contributed by atoms with Gasteiger partial charge in [-0.1, -0.05) is 12.1 Å². The molecule has 160 valence electrons. The highest BCUT2D eigenvalue weighted by Gasteiger charge is 2.43. The number of carbonyl (C=O) groups is 1. The Morgan fingerprint density at radius 2 is 1.90 bits per heavy atom. The van der Waals surface area contributed by atoms with Gasteiger partial charge in [-0.15, -0.1) is 0 Å². The van der Waals surface area contributed by atoms with Crippen LogP contribution in [0.2, 0.25) is 0 Å². The fraction of sp³-hybridized carbons (Fsp3) is 0.391. The first-order valence-corrected chi connectivity index (χ1v) is 10.8. The van der Waals surface area contributed by atoms with Gasteiger partial charge < -0.3 is 10.2 Å². The van der Waals surface area contributed by atoms with Crippen LogP contribution in [-0.2, 0) is 0 Å². The second kappa shape index (κ2) is 8.55. The molecule has 2 N–H and O–H groups in total. The molecule has 0 aliphatic carbocycles. The summed E-state index contributed by atoms with van der Waals surface area (Å²) in [6.45, 7) is 0.0239. The molecule has 2 aliphatic rings. The zero-order valence-electron chi connectivity index (χ0n) is 17.2. The highest BCUT2D eigenvalue weighted by Crippen LogP contribution is 2.36. The van der Waals surface area contributed by atoms with Crippen molar-refractivity contribution >= 4 is 22.6 Å². The summed E-state index contributed by atoms with van der Waals surface area (Å²) in [5.41, 5.74) is 1.76. The summed E-state index contributed by atoms with van der Waals surface area (Å²) >= 11 is 0. The number of fused-ring (bicyclic) bond motifs is 3. The van der Waals surface area contributed by atoms with Gasteiger partial charge in [0.1, 0.15) is 12.5 Å². The lowest BCUT2D eigenvalue weighted by atomic mass is 9.97. The number of urea groups is 1. The van der Waals surface area contributed by atoms with Crippen LogP contribution in [0.3, 0.4) is 0 Å². The van der Waals surface area contributed by atoms with Gasteiger partial charge in [0.15, 0.2) is 0 Å². The number of aromatic nitrogens is 3. The van der Waals surface area contributed by atoms with Gasteiger partial charge in [-0.3, -0.25) is 15.3 Å². The molecular formula is C23H25FN6O. The third kappa shape index (κ3) is 4.07. The molecule has 2 aromatic heterocycles. The number of hydrogen-bond donors (Lipinski definition) is 2. The SMILES string of the molecule is O=C(Nc1cc2cc(-c3cnccn3)ccc2cn1)N1[C@@H]2CC[C@H]1C[C@@H](NCCF)C2. The molecule has 2 aliphatic heterocycles. The number of nitrogens with zero attached hydrogens (tertiary/aromatic N) is 4. The maximum Gasteiger partial charge on any atom is 0.323 e. The highest BCUT2D eigenvalue weighted by atomic mass is 19.1. The fourth-order valence-corrected chi connectivity index (χ4v) is 4.92. The van der Waals surface area contributed by atoms with Crippen LogP contribution in [0.1, 0.15) is 25.7 Å². The predicted octanol–water partition coefficient (Wildman–Crippen LogP) is 3.78. The molecule has 3 atom stereocenters. The summed E-state index contributed by atoms with van der Waals surface area (Å²) in [6.07, 6.45) is 10.6. The second-order valence-corrected chi connectivity index (χ2v) is 8.26. The molecule has 2 saturated heterocycles. The maximum absolute atomic E-state index is 13.0. The number of halogens is 1. The molecule has 0 radical (unpaired) electrons. The van der Waals surface area contributed by atoms with Crippen molar-refractivity contribution in [3.8, 4) is 11.3 Å². The van der Waals surface area contributed by atoms with Gasteiger partial charge in [0.2, 0.25) is 0 Å². The number of amides is 2. The summed E-state index contributed by atoms with van der Waals surface area (Å²) in [6, 6.07) is 8.48. The molecule has 1 aromatic carbocycles. The fourth-order valence-electron chi connectivity index (χ4n) is 4.92. The number of pyridine rings is 1. The number of benzene rings is 1. The van der Waals surface area contributed by atoms with Crippen molar-refractivity contribution in [2.24, 2.45) is 0 Å². The molecular weight excluding hydrogens is 395 g/mol. The van der Waals surface area contributed by atoms with E-state index in [-0.39, 0.29) is 30.8 Å². The van der Waals surface area contributed by atoms with Gasteiger partial charge in [0.25, 0.3) is 0 Å². The number of anilines is 1. The molecule has 8 heteroatoms. The lowest BCUT2D eigenvalue weighted by molar-refractivity contribution is 0.141. The van der Waals surface area contributed by atoms with Gasteiger partial charge >= 0.3 is 6.03 Å². The molecule has 2 fully saturated rings. The topological polar surface area (TPSA) is 83.0 Å². The Bertz CT molecular complexity index is 1060. The monoisotopic (exact) mass is 420 g/mol. The standard InChI is InChI=1S/C23H25FN6O/c24-5-6-26-18-11-19-3-4-20(12-18)30(19)23(31)29-22-10-17-9-15(1-2-16(17)13-28-22)21-14-25-7-8-27-21/h1-2,7-10,13-14,18-20,26H,3-6,11-12H2,(H,28,29,31)/t18-,19+,20-. The number of hydrogen-bond acceptors (Lipinski definition) is 5. The lowest BCUT2D eigenvalue weighted by Crippen LogP contribution is -2.53. The molecule has 0 unspecified atom stereocenters. The maximum atomic E-state index is 13.0. The van der Waals surface area contributed by atoms with E-state index in [0.717, 1.165) is 47.7 Å². The van der Waals surface area contributed by atoms with Crippen molar-refractivity contribution in [1.29, 1.82) is 0 Å². The van der Waals surface area contributed by atoms with E-state index in [1.807, 2.05) is 29.2 Å². The number of rotatable bonds is 5. The van der Waals surface area contributed by atoms with Crippen LogP contribution in [0, 0.1) is 0 Å². The van der Waals surface area contributed by atoms with E-state index in [0.29, 0.717) is 12.4 Å². The Kier molecular flexibility index (Phi) is 5.46. The quantitative estimate of drug-likeness (QED) is 0.656. The zero-order valence-corrected chi connectivity index (χ0v) is 17.2. The van der Waals surface area contributed by atoms with Crippen LogP contribution in [-0.4, -0.2) is 57.2 Å². The normalized spacial score (nSPS) is 22.6. The Morgan fingerprint density at radius 1 is 1.06 bits per heavy atom. The molecule has 0 spiro atoms. The Balaban J connectivity index is 1.32. The minimum absolute atomic E-state index is 0.103. The molecule has 7 nitrogen and oxygen atoms in total. The third-order valence-corrected chi connectivity index (χ3v) is 6.31. The van der Waals surface area contributed by atoms with Crippen molar-refractivity contribution < 1.29 is 9.18 Å². The summed E-state index contributed by atoms with van der Waals surface area (Å²) in [5, 5.41) is 8.22. The largest absolute Gasteiger partial charge is 0.323 e. The number of piperidine rings is 1. The summed E-state index contributed by atoms with van der Waals surface area (Å²) in [5.74, 6) is 0.533. The molecule has 4 heterocycles. The van der Waals surface area contributed by atoms with Crippen LogP contribution >= 0.6 is 0 Å². The van der Waals surface area contributed by atoms with Crippen LogP contribution in [0.15, 0.2) is 49.1 Å². The molecule has 0 saturated carbocycles. The van der Waals surface area contributed by atoms with Gasteiger partial charge in [-0.2, -0.15) is 0 Å². The minimum atomic E-state index is -0.359. The summed E-state index contributed by atoms with van der Waals surface area (Å²) in [7, 11) is 0. The summed E-state index contributed by atoms with van der Waals surface area (Å²) < 4.78 is 12.5. The van der Waals surface area contributed by atoms with E-state index in [1.165, 1.54) is 0 Å². The van der Waals surface area contributed by atoms with Crippen LogP contribution < -0.4 is 10.6 Å². The predicted molar refractivity (Wildman–Crippen MR) is 117 cm³/mol. The van der Waals surface area contributed by atoms with Gasteiger partial charge in [-0.25, -0.2) is 14.2 Å². The molecule has 2 amide bonds. The molecule has 2 bridgehead atoms. The van der Waals surface area contributed by atoms with Crippen molar-refractivity contribution in [1.82, 2.24) is 25.2 Å². The molecule has 3 aromatic rings. The van der Waals surface area contributed by atoms with E-state index < -0.39 is 0 Å². The molecule has 31 heavy (non-hydrogen) atoms. The van der Waals surface area contributed by atoms with E-state index in [2.05, 4.69) is 25.6 Å². The van der Waals surface area contributed by atoms with Gasteiger partial charge in [0.05, 0.1) is 11.9 Å². The number of nitrogens with one attached hydrogen (secondary N) is 2. The van der Waals surface area contributed by atoms with E-state index in [9.17, 15) is 9.18 Å². The van der Waals surface area contributed by atoms with Crippen molar-refractivity contribution in [3.63, 3.8) is 0 Å². The Morgan fingerprint density at radius 3 is 2.65 bits per heavy atom. The first-order chi connectivity index (χ1) is 15.2. The van der Waals surface area contributed by atoms with Crippen molar-refractivity contribution in [2.45, 2.75) is 43.8 Å². The first kappa shape index (κ1) is 19.8. The minimum Gasteiger partial charge on any atom is -0.318 e. The van der Waals surface area contributed by atoms with Crippen LogP contribution in [0.25, 0.3) is 22.0 Å². The van der Waals surface area contributed by atoms with Gasteiger partial charge in [0, 0.05) is 54.2 Å². The van der Waals surface area contributed by atoms with Crippen LogP contribution in [0.5, 0.6) is 0 Å². The van der Waals surface area contributed by atoms with E-state index in [1.54, 1.807) is 24.8 Å². The average Bonchev–Trinajstić information content (AvgIpc) is 3.08. The zero-order chi connectivity index (χ0) is 21.2. The first-order valence-electron chi connectivity index (χ1n) is 10.8. The Hall–Kier alpha value is -3.13. The number of carbonyl (C=O) groups excluding carboxylic acids is 1. The lowest BCUT2D eigenvalue weighted by Gasteiger charge is -2.39. The number of alkyl halides is 1. The Labute approximate surface area is 180 Å². The van der Waals surface area contributed by atoms with Gasteiger partial charge in [-0.05, 0) is 43.2 Å². The van der Waals surface area contributed by atoms with Crippen molar-refractivity contribution in [3.05, 3.63) is 49.1 Å². The average molecular weight is 420 g/mol. The van der Waals surface area contributed by atoms with Crippen LogP contribution in [0.4, 0.5) is 15.0 Å². The van der Waals surface area contributed by atoms with E-state index >= 15 is 0 Å². The smallest absolute Gasteiger partial charge is 0.318 e.